The molecular formula is C36H40N2O4. The number of hydrogen-bond acceptors (Lipinski definition) is 4. The molecule has 2 amide bonds. The Hall–Kier alpha value is -4.58. The van der Waals surface area contributed by atoms with Gasteiger partial charge in [-0.3, -0.25) is 9.59 Å². The zero-order valence-electron chi connectivity index (χ0n) is 25.0. The van der Waals surface area contributed by atoms with Crippen molar-refractivity contribution in [3.63, 3.8) is 0 Å². The van der Waals surface area contributed by atoms with Crippen LogP contribution in [0.25, 0.3) is 11.1 Å². The highest BCUT2D eigenvalue weighted by molar-refractivity contribution is 6.06. The summed E-state index contributed by atoms with van der Waals surface area (Å²) in [6, 6.07) is 31.0. The number of carbonyl (C=O) groups is 2. The largest absolute Gasteiger partial charge is 0.493 e. The van der Waals surface area contributed by atoms with Gasteiger partial charge in [0.1, 0.15) is 0 Å². The standard InChI is InChI=1S/C36H40N2O4/c1-5-23-38(24-22-27-20-21-33(41-3)34(25-27)42-4)36(40)32-19-13-11-17-30(32)29-16-10-12-18-31(29)35(39)37(6-2)26-28-14-8-7-9-15-28/h7-21,25H,5-6,22-24,26H2,1-4H3. The van der Waals surface area contributed by atoms with Gasteiger partial charge in [0.15, 0.2) is 11.5 Å². The first-order chi connectivity index (χ1) is 20.5. The molecule has 4 aromatic carbocycles. The van der Waals surface area contributed by atoms with Crippen molar-refractivity contribution >= 4 is 11.8 Å². The third kappa shape index (κ3) is 7.19. The third-order valence-corrected chi connectivity index (χ3v) is 7.39. The Morgan fingerprint density at radius 3 is 1.76 bits per heavy atom. The summed E-state index contributed by atoms with van der Waals surface area (Å²) < 4.78 is 10.8. The van der Waals surface area contributed by atoms with Gasteiger partial charge in [0.25, 0.3) is 11.8 Å². The van der Waals surface area contributed by atoms with Crippen molar-refractivity contribution in [2.45, 2.75) is 33.2 Å². The van der Waals surface area contributed by atoms with Crippen molar-refractivity contribution in [3.05, 3.63) is 119 Å². The Kier molecular flexibility index (Phi) is 10.8. The highest BCUT2D eigenvalue weighted by atomic mass is 16.5. The van der Waals surface area contributed by atoms with Gasteiger partial charge in [-0.05, 0) is 66.3 Å². The van der Waals surface area contributed by atoms with E-state index in [0.717, 1.165) is 28.7 Å². The van der Waals surface area contributed by atoms with Crippen LogP contribution in [-0.2, 0) is 13.0 Å². The molecular weight excluding hydrogens is 524 g/mol. The van der Waals surface area contributed by atoms with E-state index in [-0.39, 0.29) is 11.8 Å². The van der Waals surface area contributed by atoms with Gasteiger partial charge >= 0.3 is 0 Å². The molecule has 0 aliphatic heterocycles. The summed E-state index contributed by atoms with van der Waals surface area (Å²) in [5.74, 6) is 1.24. The molecule has 42 heavy (non-hydrogen) atoms. The van der Waals surface area contributed by atoms with Crippen LogP contribution in [0.5, 0.6) is 11.5 Å². The molecule has 6 nitrogen and oxygen atoms in total. The van der Waals surface area contributed by atoms with E-state index < -0.39 is 0 Å². The average Bonchev–Trinajstić information content (AvgIpc) is 3.05. The van der Waals surface area contributed by atoms with Gasteiger partial charge < -0.3 is 19.3 Å². The molecule has 4 rings (SSSR count). The second-order valence-electron chi connectivity index (χ2n) is 10.1. The number of methoxy groups -OCH3 is 2. The summed E-state index contributed by atoms with van der Waals surface area (Å²) in [4.78, 5) is 31.7. The van der Waals surface area contributed by atoms with E-state index in [2.05, 4.69) is 6.92 Å². The van der Waals surface area contributed by atoms with Crippen LogP contribution in [0.1, 0.15) is 52.1 Å². The zero-order chi connectivity index (χ0) is 29.9. The van der Waals surface area contributed by atoms with E-state index in [1.165, 1.54) is 0 Å². The van der Waals surface area contributed by atoms with Crippen LogP contribution >= 0.6 is 0 Å². The molecule has 0 bridgehead atoms. The smallest absolute Gasteiger partial charge is 0.254 e. The lowest BCUT2D eigenvalue weighted by Crippen LogP contribution is -2.34. The van der Waals surface area contributed by atoms with Gasteiger partial charge in [-0.2, -0.15) is 0 Å². The summed E-state index contributed by atoms with van der Waals surface area (Å²) in [5.41, 5.74) is 4.82. The van der Waals surface area contributed by atoms with Gasteiger partial charge in [-0.15, -0.1) is 0 Å². The van der Waals surface area contributed by atoms with Crippen molar-refractivity contribution in [2.75, 3.05) is 33.9 Å². The summed E-state index contributed by atoms with van der Waals surface area (Å²) in [5, 5.41) is 0. The molecule has 6 heteroatoms. The fraction of sp³-hybridized carbons (Fsp3) is 0.278. The molecule has 0 saturated carbocycles. The fourth-order valence-electron chi connectivity index (χ4n) is 5.17. The first kappa shape index (κ1) is 30.4. The molecule has 218 valence electrons. The van der Waals surface area contributed by atoms with Crippen LogP contribution in [0.4, 0.5) is 0 Å². The number of nitrogens with zero attached hydrogens (tertiary/aromatic N) is 2. The SMILES string of the molecule is CCCN(CCc1ccc(OC)c(OC)c1)C(=O)c1ccccc1-c1ccccc1C(=O)N(CC)Cc1ccccc1. The number of amides is 2. The predicted molar refractivity (Wildman–Crippen MR) is 168 cm³/mol. The van der Waals surface area contributed by atoms with Gasteiger partial charge in [0, 0.05) is 37.3 Å². The number of benzene rings is 4. The Morgan fingerprint density at radius 2 is 1.19 bits per heavy atom. The summed E-state index contributed by atoms with van der Waals surface area (Å²) in [6.45, 7) is 6.33. The molecule has 0 aliphatic rings. The molecule has 0 atom stereocenters. The summed E-state index contributed by atoms with van der Waals surface area (Å²) in [7, 11) is 3.24. The van der Waals surface area contributed by atoms with Crippen molar-refractivity contribution in [1.29, 1.82) is 0 Å². The molecule has 0 heterocycles. The number of ether oxygens (including phenoxy) is 2. The topological polar surface area (TPSA) is 59.1 Å². The molecule has 0 aliphatic carbocycles. The van der Waals surface area contributed by atoms with E-state index in [1.54, 1.807) is 14.2 Å². The Labute approximate surface area is 249 Å². The van der Waals surface area contributed by atoms with E-state index in [0.29, 0.717) is 55.2 Å². The van der Waals surface area contributed by atoms with Crippen molar-refractivity contribution in [1.82, 2.24) is 9.80 Å². The van der Waals surface area contributed by atoms with Crippen molar-refractivity contribution in [3.8, 4) is 22.6 Å². The predicted octanol–water partition coefficient (Wildman–Crippen LogP) is 7.13. The van der Waals surface area contributed by atoms with Crippen molar-refractivity contribution < 1.29 is 19.1 Å². The maximum atomic E-state index is 14.1. The summed E-state index contributed by atoms with van der Waals surface area (Å²) >= 11 is 0. The van der Waals surface area contributed by atoms with Gasteiger partial charge in [-0.25, -0.2) is 0 Å². The molecule has 0 spiro atoms. The maximum absolute atomic E-state index is 14.1. The molecule has 0 radical (unpaired) electrons. The number of hydrogen-bond donors (Lipinski definition) is 0. The Morgan fingerprint density at radius 1 is 0.619 bits per heavy atom. The minimum absolute atomic E-state index is 0.0492. The second kappa shape index (κ2) is 14.9. The molecule has 4 aromatic rings. The molecule has 0 aromatic heterocycles. The zero-order valence-corrected chi connectivity index (χ0v) is 25.0. The molecule has 0 unspecified atom stereocenters. The fourth-order valence-corrected chi connectivity index (χ4v) is 5.17. The highest BCUT2D eigenvalue weighted by Crippen LogP contribution is 2.30. The number of carbonyl (C=O) groups excluding carboxylic acids is 2. The van der Waals surface area contributed by atoms with Crippen LogP contribution in [0.3, 0.4) is 0 Å². The lowest BCUT2D eigenvalue weighted by molar-refractivity contribution is 0.0745. The van der Waals surface area contributed by atoms with Crippen LogP contribution in [0.2, 0.25) is 0 Å². The van der Waals surface area contributed by atoms with E-state index in [4.69, 9.17) is 9.47 Å². The average molecular weight is 565 g/mol. The molecule has 0 N–H and O–H groups in total. The van der Waals surface area contributed by atoms with Crippen LogP contribution in [0, 0.1) is 0 Å². The normalized spacial score (nSPS) is 10.7. The monoisotopic (exact) mass is 564 g/mol. The first-order valence-corrected chi connectivity index (χ1v) is 14.5. The second-order valence-corrected chi connectivity index (χ2v) is 10.1. The van der Waals surface area contributed by atoms with Crippen LogP contribution in [-0.4, -0.2) is 55.5 Å². The lowest BCUT2D eigenvalue weighted by Gasteiger charge is -2.25. The quantitative estimate of drug-likeness (QED) is 0.173. The van der Waals surface area contributed by atoms with E-state index >= 15 is 0 Å². The Bertz CT molecular complexity index is 1480. The molecule has 0 saturated heterocycles. The molecule has 0 fully saturated rings. The van der Waals surface area contributed by atoms with Gasteiger partial charge in [0.05, 0.1) is 14.2 Å². The number of rotatable bonds is 13. The minimum atomic E-state index is -0.0573. The van der Waals surface area contributed by atoms with Crippen LogP contribution in [0.15, 0.2) is 97.1 Å². The van der Waals surface area contributed by atoms with E-state index in [1.807, 2.05) is 114 Å². The van der Waals surface area contributed by atoms with Gasteiger partial charge in [-0.1, -0.05) is 79.7 Å². The van der Waals surface area contributed by atoms with Crippen molar-refractivity contribution in [2.24, 2.45) is 0 Å². The van der Waals surface area contributed by atoms with E-state index in [9.17, 15) is 9.59 Å². The minimum Gasteiger partial charge on any atom is -0.493 e. The van der Waals surface area contributed by atoms with Crippen LogP contribution < -0.4 is 9.47 Å². The summed E-state index contributed by atoms with van der Waals surface area (Å²) in [6.07, 6.45) is 1.51. The first-order valence-electron chi connectivity index (χ1n) is 14.5. The highest BCUT2D eigenvalue weighted by Gasteiger charge is 2.23. The Balaban J connectivity index is 1.62. The maximum Gasteiger partial charge on any atom is 0.254 e. The lowest BCUT2D eigenvalue weighted by atomic mass is 9.93. The van der Waals surface area contributed by atoms with Gasteiger partial charge in [0.2, 0.25) is 0 Å². The third-order valence-electron chi connectivity index (χ3n) is 7.39.